The van der Waals surface area contributed by atoms with Crippen LogP contribution in [0.3, 0.4) is 0 Å². The number of non-ortho nitro benzene ring substituents is 1. The van der Waals surface area contributed by atoms with Crippen LogP contribution in [0, 0.1) is 10.1 Å². The highest BCUT2D eigenvalue weighted by Gasteiger charge is 2.11. The highest BCUT2D eigenvalue weighted by molar-refractivity contribution is 6.08. The molecule has 2 aromatic rings. The van der Waals surface area contributed by atoms with E-state index >= 15 is 0 Å². The van der Waals surface area contributed by atoms with Crippen molar-refractivity contribution in [2.24, 2.45) is 5.84 Å². The maximum atomic E-state index is 12.1. The summed E-state index contributed by atoms with van der Waals surface area (Å²) in [7, 11) is 0. The number of hydrazine groups is 1. The molecule has 0 saturated carbocycles. The number of carbonyl (C=O) groups is 1. The number of para-hydroxylation sites is 1. The van der Waals surface area contributed by atoms with Crippen molar-refractivity contribution < 1.29 is 9.72 Å². The van der Waals surface area contributed by atoms with Crippen LogP contribution < -0.4 is 16.6 Å². The second-order valence-electron chi connectivity index (χ2n) is 3.95. The molecule has 0 aliphatic heterocycles. The molecule has 0 fully saturated rings. The summed E-state index contributed by atoms with van der Waals surface area (Å²) in [6, 6.07) is 12.3. The summed E-state index contributed by atoms with van der Waals surface area (Å²) >= 11 is 0. The molecule has 2 rings (SSSR count). The van der Waals surface area contributed by atoms with E-state index in [1.54, 1.807) is 24.3 Å². The lowest BCUT2D eigenvalue weighted by molar-refractivity contribution is -0.384. The Balaban J connectivity index is 2.17. The summed E-state index contributed by atoms with van der Waals surface area (Å²) in [5.74, 6) is 4.98. The van der Waals surface area contributed by atoms with Gasteiger partial charge in [-0.25, -0.2) is 0 Å². The zero-order valence-electron chi connectivity index (χ0n) is 10.4. The van der Waals surface area contributed by atoms with Crippen molar-refractivity contribution in [3.63, 3.8) is 0 Å². The molecule has 2 aromatic carbocycles. The van der Waals surface area contributed by atoms with Crippen LogP contribution in [0.15, 0.2) is 48.5 Å². The third kappa shape index (κ3) is 2.90. The molecule has 1 amide bonds. The van der Waals surface area contributed by atoms with Crippen LogP contribution >= 0.6 is 0 Å². The lowest BCUT2D eigenvalue weighted by Crippen LogP contribution is -2.17. The molecule has 0 radical (unpaired) electrons. The predicted octanol–water partition coefficient (Wildman–Crippen LogP) is 2.13. The Morgan fingerprint density at radius 1 is 1.10 bits per heavy atom. The van der Waals surface area contributed by atoms with E-state index in [1.807, 2.05) is 0 Å². The first kappa shape index (κ1) is 13.5. The zero-order chi connectivity index (χ0) is 14.5. The maximum Gasteiger partial charge on any atom is 0.269 e. The van der Waals surface area contributed by atoms with Gasteiger partial charge in [0.25, 0.3) is 11.6 Å². The van der Waals surface area contributed by atoms with Gasteiger partial charge in [-0.05, 0) is 24.3 Å². The van der Waals surface area contributed by atoms with Crippen molar-refractivity contribution in [3.8, 4) is 0 Å². The van der Waals surface area contributed by atoms with Crippen LogP contribution in [0.5, 0.6) is 0 Å². The second-order valence-corrected chi connectivity index (χ2v) is 3.95. The van der Waals surface area contributed by atoms with Gasteiger partial charge >= 0.3 is 0 Å². The zero-order valence-corrected chi connectivity index (χ0v) is 10.4. The monoisotopic (exact) mass is 272 g/mol. The Labute approximate surface area is 114 Å². The van der Waals surface area contributed by atoms with Gasteiger partial charge in [-0.15, -0.1) is 0 Å². The Hall–Kier alpha value is -2.93. The average Bonchev–Trinajstić information content (AvgIpc) is 2.47. The minimum absolute atomic E-state index is 0.0352. The number of hydrogen-bond donors (Lipinski definition) is 3. The molecule has 0 aliphatic rings. The normalized spacial score (nSPS) is 9.85. The Bertz CT molecular complexity index is 640. The number of nitrogens with zero attached hydrogens (tertiary/aromatic N) is 1. The van der Waals surface area contributed by atoms with Crippen molar-refractivity contribution in [1.29, 1.82) is 0 Å². The fourth-order valence-electron chi connectivity index (χ4n) is 1.67. The van der Waals surface area contributed by atoms with E-state index in [1.165, 1.54) is 24.3 Å². The van der Waals surface area contributed by atoms with E-state index in [4.69, 9.17) is 5.84 Å². The molecule has 0 bridgehead atoms. The highest BCUT2D eigenvalue weighted by atomic mass is 16.6. The lowest BCUT2D eigenvalue weighted by atomic mass is 10.1. The smallest absolute Gasteiger partial charge is 0.269 e. The van der Waals surface area contributed by atoms with Crippen molar-refractivity contribution in [1.82, 2.24) is 0 Å². The van der Waals surface area contributed by atoms with Crippen LogP contribution in [-0.2, 0) is 0 Å². The van der Waals surface area contributed by atoms with Crippen LogP contribution in [0.25, 0.3) is 0 Å². The SMILES string of the molecule is NNc1ccccc1C(=O)Nc1ccc([N+](=O)[O-])cc1. The van der Waals surface area contributed by atoms with Crippen LogP contribution in [0.1, 0.15) is 10.4 Å². The Kier molecular flexibility index (Phi) is 3.92. The summed E-state index contributed by atoms with van der Waals surface area (Å²) in [5, 5.41) is 13.2. The lowest BCUT2D eigenvalue weighted by Gasteiger charge is -2.09. The number of nitrogens with two attached hydrogens (primary N) is 1. The quantitative estimate of drug-likeness (QED) is 0.448. The van der Waals surface area contributed by atoms with Crippen molar-refractivity contribution in [2.75, 3.05) is 10.7 Å². The number of anilines is 2. The van der Waals surface area contributed by atoms with E-state index < -0.39 is 4.92 Å². The number of nitrogens with one attached hydrogen (secondary N) is 2. The van der Waals surface area contributed by atoms with Crippen LogP contribution in [-0.4, -0.2) is 10.8 Å². The number of nitrogen functional groups attached to an aromatic ring is 1. The number of carbonyl (C=O) groups excluding carboxylic acids is 1. The van der Waals surface area contributed by atoms with Gasteiger partial charge < -0.3 is 10.7 Å². The molecule has 4 N–H and O–H groups in total. The molecule has 0 aliphatic carbocycles. The molecule has 20 heavy (non-hydrogen) atoms. The summed E-state index contributed by atoms with van der Waals surface area (Å²) in [6.07, 6.45) is 0. The highest BCUT2D eigenvalue weighted by Crippen LogP contribution is 2.18. The molecule has 0 unspecified atom stereocenters. The van der Waals surface area contributed by atoms with E-state index in [2.05, 4.69) is 10.7 Å². The molecule has 102 valence electrons. The third-order valence-electron chi connectivity index (χ3n) is 2.66. The van der Waals surface area contributed by atoms with E-state index in [9.17, 15) is 14.9 Å². The predicted molar refractivity (Wildman–Crippen MR) is 75.3 cm³/mol. The van der Waals surface area contributed by atoms with Gasteiger partial charge in [-0.1, -0.05) is 12.1 Å². The van der Waals surface area contributed by atoms with Gasteiger partial charge in [-0.3, -0.25) is 20.8 Å². The number of amides is 1. The summed E-state index contributed by atoms with van der Waals surface area (Å²) in [4.78, 5) is 22.1. The number of benzene rings is 2. The Morgan fingerprint density at radius 2 is 1.75 bits per heavy atom. The van der Waals surface area contributed by atoms with Gasteiger partial charge in [0.15, 0.2) is 0 Å². The molecular formula is C13H12N4O3. The standard InChI is InChI=1S/C13H12N4O3/c14-16-12-4-2-1-3-11(12)13(18)15-9-5-7-10(8-6-9)17(19)20/h1-8,16H,14H2,(H,15,18). The number of hydrogen-bond acceptors (Lipinski definition) is 5. The first-order valence-electron chi connectivity index (χ1n) is 5.73. The van der Waals surface area contributed by atoms with Gasteiger partial charge in [0.1, 0.15) is 0 Å². The Morgan fingerprint density at radius 3 is 2.35 bits per heavy atom. The minimum atomic E-state index is -0.501. The summed E-state index contributed by atoms with van der Waals surface area (Å²) in [6.45, 7) is 0. The molecule has 7 heteroatoms. The summed E-state index contributed by atoms with van der Waals surface area (Å²) < 4.78 is 0. The number of nitro benzene ring substituents is 1. The molecular weight excluding hydrogens is 260 g/mol. The third-order valence-corrected chi connectivity index (χ3v) is 2.66. The van der Waals surface area contributed by atoms with E-state index in [-0.39, 0.29) is 11.6 Å². The van der Waals surface area contributed by atoms with Gasteiger partial charge in [0.05, 0.1) is 16.2 Å². The van der Waals surface area contributed by atoms with Crippen molar-refractivity contribution in [3.05, 3.63) is 64.2 Å². The second kappa shape index (κ2) is 5.81. The van der Waals surface area contributed by atoms with Crippen molar-refractivity contribution >= 4 is 23.0 Å². The molecule has 0 saturated heterocycles. The first-order valence-corrected chi connectivity index (χ1v) is 5.73. The van der Waals surface area contributed by atoms with Gasteiger partial charge in [-0.2, -0.15) is 0 Å². The molecule has 0 heterocycles. The van der Waals surface area contributed by atoms with Gasteiger partial charge in [0.2, 0.25) is 0 Å². The van der Waals surface area contributed by atoms with Gasteiger partial charge in [0, 0.05) is 17.8 Å². The molecule has 7 nitrogen and oxygen atoms in total. The fourth-order valence-corrected chi connectivity index (χ4v) is 1.67. The molecule has 0 aromatic heterocycles. The largest absolute Gasteiger partial charge is 0.323 e. The fraction of sp³-hybridized carbons (Fsp3) is 0. The van der Waals surface area contributed by atoms with Crippen LogP contribution in [0.4, 0.5) is 17.1 Å². The van der Waals surface area contributed by atoms with E-state index in [0.29, 0.717) is 16.9 Å². The maximum absolute atomic E-state index is 12.1. The molecule has 0 spiro atoms. The van der Waals surface area contributed by atoms with Crippen LogP contribution in [0.2, 0.25) is 0 Å². The first-order chi connectivity index (χ1) is 9.61. The number of nitro groups is 1. The topological polar surface area (TPSA) is 110 Å². The number of rotatable bonds is 4. The average molecular weight is 272 g/mol. The summed E-state index contributed by atoms with van der Waals surface area (Å²) in [5.41, 5.74) is 3.74. The molecule has 0 atom stereocenters. The van der Waals surface area contributed by atoms with E-state index in [0.717, 1.165) is 0 Å². The van der Waals surface area contributed by atoms with Crippen molar-refractivity contribution in [2.45, 2.75) is 0 Å². The minimum Gasteiger partial charge on any atom is -0.323 e.